The Balaban J connectivity index is 1.65. The number of hydrogen-bond donors (Lipinski definition) is 1. The molecule has 7 nitrogen and oxygen atoms in total. The van der Waals surface area contributed by atoms with Gasteiger partial charge in [-0.3, -0.25) is 14.6 Å². The molecule has 11 heteroatoms. The molecule has 3 heterocycles. The van der Waals surface area contributed by atoms with Crippen molar-refractivity contribution in [2.45, 2.75) is 32.1 Å². The molecule has 188 valence electrons. The van der Waals surface area contributed by atoms with Crippen LogP contribution in [0.25, 0.3) is 0 Å². The number of alkyl halides is 3. The second-order valence-electron chi connectivity index (χ2n) is 8.52. The summed E-state index contributed by atoms with van der Waals surface area (Å²) < 4.78 is 39.6. The number of fused-ring (bicyclic) bond motifs is 1. The van der Waals surface area contributed by atoms with Crippen LogP contribution in [0.2, 0.25) is 0 Å². The van der Waals surface area contributed by atoms with Crippen molar-refractivity contribution in [3.8, 4) is 0 Å². The van der Waals surface area contributed by atoms with E-state index in [1.54, 1.807) is 55.9 Å². The molecule has 0 radical (unpaired) electrons. The number of carbonyl (C=O) groups is 2. The predicted molar refractivity (Wildman–Crippen MR) is 131 cm³/mol. The molecular weight excluding hydrogens is 491 g/mol. The second-order valence-corrected chi connectivity index (χ2v) is 9.36. The number of hydrogen-bond acceptors (Lipinski definition) is 6. The number of benzene rings is 1. The molecule has 2 amide bonds. The van der Waals surface area contributed by atoms with Crippen LogP contribution in [0.15, 0.2) is 76.2 Å². The Morgan fingerprint density at radius 1 is 1.11 bits per heavy atom. The highest BCUT2D eigenvalue weighted by Gasteiger charge is 2.41. The fraction of sp³-hybridized carbons (Fsp3) is 0.280. The monoisotopic (exact) mass is 515 g/mol. The number of rotatable bonds is 6. The third-order valence-electron chi connectivity index (χ3n) is 5.77. The Labute approximate surface area is 210 Å². The number of likely N-dealkylation sites (N-methyl/N-ethyl adjacent to an activating group) is 1. The van der Waals surface area contributed by atoms with E-state index in [2.05, 4.69) is 15.3 Å². The number of nitrogens with zero attached hydrogens (tertiary/aromatic N) is 4. The smallest absolute Gasteiger partial charge is 0.352 e. The van der Waals surface area contributed by atoms with Gasteiger partial charge in [0.05, 0.1) is 29.3 Å². The lowest BCUT2D eigenvalue weighted by Crippen LogP contribution is -2.40. The standard InChI is InChI=1S/C25H24F3N5O2S/c1-15-21(23(35)32(2)3)22(17-4-6-18(7-5-17)25(26,27)28)33-19(14-36-24(33)31-15)12-20(34)30-13-16-8-10-29-11-9-16/h4-11,14,22H,12-13H2,1-3H3,(H,30,34). The quantitative estimate of drug-likeness (QED) is 0.614. The Hall–Kier alpha value is -3.60. The fourth-order valence-electron chi connectivity index (χ4n) is 3.98. The number of halogens is 3. The number of amidine groups is 1. The molecule has 0 bridgehead atoms. The van der Waals surface area contributed by atoms with Gasteiger partial charge in [0.2, 0.25) is 5.91 Å². The van der Waals surface area contributed by atoms with E-state index in [9.17, 15) is 22.8 Å². The average molecular weight is 516 g/mol. The molecule has 1 N–H and O–H groups in total. The zero-order valence-corrected chi connectivity index (χ0v) is 20.7. The largest absolute Gasteiger partial charge is 0.416 e. The number of amides is 2. The normalized spacial score (nSPS) is 17.4. The van der Waals surface area contributed by atoms with Gasteiger partial charge in [-0.05, 0) is 47.7 Å². The first kappa shape index (κ1) is 25.5. The topological polar surface area (TPSA) is 77.9 Å². The van der Waals surface area contributed by atoms with E-state index in [1.165, 1.54) is 28.8 Å². The van der Waals surface area contributed by atoms with Gasteiger partial charge in [0.15, 0.2) is 5.17 Å². The van der Waals surface area contributed by atoms with Crippen molar-refractivity contribution in [1.29, 1.82) is 0 Å². The zero-order valence-electron chi connectivity index (χ0n) is 19.8. The highest BCUT2D eigenvalue weighted by molar-refractivity contribution is 8.16. The minimum absolute atomic E-state index is 0.0106. The Kier molecular flexibility index (Phi) is 7.21. The van der Waals surface area contributed by atoms with Gasteiger partial charge >= 0.3 is 6.18 Å². The van der Waals surface area contributed by atoms with Crippen LogP contribution in [0.3, 0.4) is 0 Å². The molecule has 2 aliphatic rings. The third kappa shape index (κ3) is 5.30. The average Bonchev–Trinajstić information content (AvgIpc) is 3.23. The molecule has 1 atom stereocenters. The number of aromatic nitrogens is 1. The Morgan fingerprint density at radius 2 is 1.78 bits per heavy atom. The summed E-state index contributed by atoms with van der Waals surface area (Å²) in [6, 6.07) is 7.61. The van der Waals surface area contributed by atoms with Crippen molar-refractivity contribution >= 4 is 28.7 Å². The van der Waals surface area contributed by atoms with Gasteiger partial charge in [0.1, 0.15) is 0 Å². The molecule has 0 spiro atoms. The lowest BCUT2D eigenvalue weighted by atomic mass is 9.92. The molecule has 2 aliphatic heterocycles. The second kappa shape index (κ2) is 10.2. The maximum Gasteiger partial charge on any atom is 0.416 e. The minimum Gasteiger partial charge on any atom is -0.352 e. The SMILES string of the molecule is CC1=C(C(=O)N(C)C)C(c2ccc(C(F)(F)F)cc2)N2C(CC(=O)NCc3ccncc3)=CSC2=N1. The number of carbonyl (C=O) groups excluding carboxylic acids is 2. The van der Waals surface area contributed by atoms with Crippen molar-refractivity contribution in [2.24, 2.45) is 4.99 Å². The Morgan fingerprint density at radius 3 is 2.39 bits per heavy atom. The molecule has 2 aromatic rings. The maximum absolute atomic E-state index is 13.2. The van der Waals surface area contributed by atoms with E-state index in [0.717, 1.165) is 17.7 Å². The van der Waals surface area contributed by atoms with Crippen molar-refractivity contribution in [3.63, 3.8) is 0 Å². The first-order chi connectivity index (χ1) is 17.1. The van der Waals surface area contributed by atoms with Crippen LogP contribution in [-0.4, -0.2) is 45.9 Å². The molecule has 1 aromatic heterocycles. The van der Waals surface area contributed by atoms with E-state index in [1.807, 2.05) is 0 Å². The summed E-state index contributed by atoms with van der Waals surface area (Å²) >= 11 is 1.31. The molecular formula is C25H24F3N5O2S. The fourth-order valence-corrected chi connectivity index (χ4v) is 4.95. The van der Waals surface area contributed by atoms with Gasteiger partial charge in [-0.2, -0.15) is 13.2 Å². The Bertz CT molecular complexity index is 1250. The van der Waals surface area contributed by atoms with Crippen LogP contribution < -0.4 is 5.32 Å². The van der Waals surface area contributed by atoms with Gasteiger partial charge < -0.3 is 15.1 Å². The van der Waals surface area contributed by atoms with Crippen LogP contribution >= 0.6 is 11.8 Å². The van der Waals surface area contributed by atoms with E-state index in [0.29, 0.717) is 34.2 Å². The van der Waals surface area contributed by atoms with Crippen molar-refractivity contribution < 1.29 is 22.8 Å². The summed E-state index contributed by atoms with van der Waals surface area (Å²) in [5, 5.41) is 5.22. The molecule has 36 heavy (non-hydrogen) atoms. The van der Waals surface area contributed by atoms with Gasteiger partial charge in [0, 0.05) is 38.7 Å². The molecule has 0 saturated heterocycles. The van der Waals surface area contributed by atoms with Crippen LogP contribution in [0.1, 0.15) is 36.1 Å². The summed E-state index contributed by atoms with van der Waals surface area (Å²) in [5.74, 6) is -0.545. The van der Waals surface area contributed by atoms with Crippen LogP contribution in [0.5, 0.6) is 0 Å². The summed E-state index contributed by atoms with van der Waals surface area (Å²) in [6.07, 6.45) is -1.19. The summed E-state index contributed by atoms with van der Waals surface area (Å²) in [4.78, 5) is 37.7. The molecule has 0 aliphatic carbocycles. The third-order valence-corrected chi connectivity index (χ3v) is 6.66. The number of thioether (sulfide) groups is 1. The van der Waals surface area contributed by atoms with Crippen LogP contribution in [0, 0.1) is 0 Å². The summed E-state index contributed by atoms with van der Waals surface area (Å²) in [7, 11) is 3.21. The van der Waals surface area contributed by atoms with Crippen molar-refractivity contribution in [2.75, 3.05) is 14.1 Å². The number of aliphatic imine (C=N–C) groups is 1. The highest BCUT2D eigenvalue weighted by atomic mass is 32.2. The first-order valence-electron chi connectivity index (χ1n) is 11.0. The molecule has 0 fully saturated rings. The number of allylic oxidation sites excluding steroid dienone is 1. The van der Waals surface area contributed by atoms with Gasteiger partial charge in [-0.25, -0.2) is 4.99 Å². The number of nitrogens with one attached hydrogen (secondary N) is 1. The highest BCUT2D eigenvalue weighted by Crippen LogP contribution is 2.45. The van der Waals surface area contributed by atoms with Gasteiger partial charge in [-0.15, -0.1) is 0 Å². The van der Waals surface area contributed by atoms with Crippen molar-refractivity contribution in [3.05, 3.63) is 87.9 Å². The molecule has 4 rings (SSSR count). The molecule has 0 saturated carbocycles. The lowest BCUT2D eigenvalue weighted by Gasteiger charge is -2.37. The zero-order chi connectivity index (χ0) is 26.0. The van der Waals surface area contributed by atoms with Gasteiger partial charge in [0.25, 0.3) is 5.91 Å². The lowest BCUT2D eigenvalue weighted by molar-refractivity contribution is -0.137. The predicted octanol–water partition coefficient (Wildman–Crippen LogP) is 4.47. The first-order valence-corrected chi connectivity index (χ1v) is 11.9. The molecule has 1 unspecified atom stereocenters. The van der Waals surface area contributed by atoms with E-state index < -0.39 is 17.8 Å². The van der Waals surface area contributed by atoms with E-state index in [-0.39, 0.29) is 18.2 Å². The van der Waals surface area contributed by atoms with Crippen LogP contribution in [0.4, 0.5) is 13.2 Å². The number of pyridine rings is 1. The summed E-state index contributed by atoms with van der Waals surface area (Å²) in [5.41, 5.74) is 2.04. The van der Waals surface area contributed by atoms with Crippen molar-refractivity contribution in [1.82, 2.24) is 20.1 Å². The van der Waals surface area contributed by atoms with Gasteiger partial charge in [-0.1, -0.05) is 23.9 Å². The van der Waals surface area contributed by atoms with E-state index in [4.69, 9.17) is 0 Å². The maximum atomic E-state index is 13.2. The minimum atomic E-state index is -4.48. The summed E-state index contributed by atoms with van der Waals surface area (Å²) in [6.45, 7) is 2.03. The van der Waals surface area contributed by atoms with E-state index >= 15 is 0 Å². The van der Waals surface area contributed by atoms with Crippen LogP contribution in [-0.2, 0) is 22.3 Å². The molecule has 1 aromatic carbocycles.